The molecule has 1 aromatic carbocycles. The van der Waals surface area contributed by atoms with Crippen molar-refractivity contribution in [3.8, 4) is 0 Å². The van der Waals surface area contributed by atoms with Crippen LogP contribution in [0.5, 0.6) is 0 Å². The molecular weight excluding hydrogens is 510 g/mol. The highest BCUT2D eigenvalue weighted by molar-refractivity contribution is 7.99. The molecule has 3 aliphatic rings. The minimum absolute atomic E-state index is 0. The monoisotopic (exact) mass is 537 g/mol. The van der Waals surface area contributed by atoms with Gasteiger partial charge in [0.1, 0.15) is 5.69 Å². The Kier molecular flexibility index (Phi) is 8.84. The van der Waals surface area contributed by atoms with Gasteiger partial charge in [0.05, 0.1) is 17.4 Å². The molecule has 12 heteroatoms. The third kappa shape index (κ3) is 5.51. The van der Waals surface area contributed by atoms with Gasteiger partial charge in [-0.2, -0.15) is 13.2 Å². The largest absolute Gasteiger partial charge is 0.433 e. The zero-order valence-corrected chi connectivity index (χ0v) is 20.9. The Balaban J connectivity index is 0.00000162. The van der Waals surface area contributed by atoms with Crippen LogP contribution in [0, 0.1) is 0 Å². The summed E-state index contributed by atoms with van der Waals surface area (Å²) in [7, 11) is 0. The minimum atomic E-state index is -4.48. The Labute approximate surface area is 213 Å². The molecule has 3 saturated heterocycles. The quantitative estimate of drug-likeness (QED) is 0.646. The number of hydrogen-bond donors (Lipinski definition) is 1. The van der Waals surface area contributed by atoms with Crippen LogP contribution in [0.15, 0.2) is 30.3 Å². The summed E-state index contributed by atoms with van der Waals surface area (Å²) in [4.78, 5) is 22.8. The number of hydrogen-bond acceptors (Lipinski definition) is 6. The lowest BCUT2D eigenvalue weighted by molar-refractivity contribution is -0.141. The Morgan fingerprint density at radius 1 is 1.09 bits per heavy atom. The highest BCUT2D eigenvalue weighted by Gasteiger charge is 2.37. The summed E-state index contributed by atoms with van der Waals surface area (Å²) in [6.07, 6.45) is -3.69. The van der Waals surface area contributed by atoms with E-state index in [-0.39, 0.29) is 42.8 Å². The van der Waals surface area contributed by atoms with Crippen LogP contribution in [0.25, 0.3) is 10.9 Å². The molecule has 0 bridgehead atoms. The lowest BCUT2D eigenvalue weighted by Crippen LogP contribution is -2.51. The Morgan fingerprint density at radius 2 is 1.82 bits per heavy atom. The summed E-state index contributed by atoms with van der Waals surface area (Å²) in [6, 6.07) is 8.33. The molecule has 0 unspecified atom stereocenters. The number of para-hydroxylation sites is 1. The fourth-order valence-electron chi connectivity index (χ4n) is 4.88. The van der Waals surface area contributed by atoms with Gasteiger partial charge < -0.3 is 15.1 Å². The van der Waals surface area contributed by atoms with Gasteiger partial charge in [0.15, 0.2) is 0 Å². The summed E-state index contributed by atoms with van der Waals surface area (Å²) in [5.74, 6) is 1.98. The van der Waals surface area contributed by atoms with Gasteiger partial charge in [0, 0.05) is 62.1 Å². The second-order valence-electron chi connectivity index (χ2n) is 8.55. The third-order valence-electron chi connectivity index (χ3n) is 6.63. The third-order valence-corrected chi connectivity index (χ3v) is 7.59. The number of nitrogens with one attached hydrogen (secondary N) is 1. The first-order valence-corrected chi connectivity index (χ1v) is 12.1. The predicted octanol–water partition coefficient (Wildman–Crippen LogP) is 3.48. The summed E-state index contributed by atoms with van der Waals surface area (Å²) in [6.45, 7) is 4.39. The number of alkyl halides is 3. The lowest BCUT2D eigenvalue weighted by atomic mass is 10.1. The number of anilines is 1. The molecule has 34 heavy (non-hydrogen) atoms. The molecule has 188 valence electrons. The maximum Gasteiger partial charge on any atom is 0.433 e. The highest BCUT2D eigenvalue weighted by atomic mass is 35.5. The maximum atomic E-state index is 13.4. The lowest BCUT2D eigenvalue weighted by Gasteiger charge is -2.39. The molecule has 3 fully saturated rings. The molecule has 0 saturated carbocycles. The van der Waals surface area contributed by atoms with Crippen molar-refractivity contribution < 1.29 is 18.0 Å². The second-order valence-corrected chi connectivity index (χ2v) is 9.63. The number of amides is 1. The Hall–Kier alpha value is -1.46. The molecule has 6 nitrogen and oxygen atoms in total. The molecule has 1 amide bonds. The zero-order valence-electron chi connectivity index (χ0n) is 18.5. The topological polar surface area (TPSA) is 51.7 Å². The Bertz CT molecular complexity index is 1000. The smallest absolute Gasteiger partial charge is 0.368 e. The van der Waals surface area contributed by atoms with Crippen LogP contribution < -0.4 is 10.2 Å². The molecule has 2 aromatic rings. The predicted molar refractivity (Wildman–Crippen MR) is 134 cm³/mol. The first kappa shape index (κ1) is 27.1. The normalized spacial score (nSPS) is 23.6. The summed E-state index contributed by atoms with van der Waals surface area (Å²) >= 11 is 1.79. The number of thioether (sulfide) groups is 1. The fraction of sp³-hybridized carbons (Fsp3) is 0.545. The molecule has 4 heterocycles. The molecule has 3 aliphatic heterocycles. The van der Waals surface area contributed by atoms with Crippen LogP contribution in [-0.4, -0.2) is 83.7 Å². The van der Waals surface area contributed by atoms with E-state index in [1.807, 2.05) is 21.9 Å². The molecule has 0 radical (unpaired) electrons. The number of piperazine rings is 1. The van der Waals surface area contributed by atoms with E-state index >= 15 is 0 Å². The van der Waals surface area contributed by atoms with Gasteiger partial charge in [-0.3, -0.25) is 9.69 Å². The van der Waals surface area contributed by atoms with Crippen molar-refractivity contribution in [3.63, 3.8) is 0 Å². The average molecular weight is 538 g/mol. The van der Waals surface area contributed by atoms with Crippen LogP contribution in [0.3, 0.4) is 0 Å². The standard InChI is InChI=1S/C22H26F3N5OS.2ClH/c23-22(24,25)20-12-19(16-3-1-2-4-17(16)27-20)29-7-5-28(6-8-29)15-11-18(26-13-15)21(31)30-9-10-32-14-30;;/h1-4,12,15,18,26H,5-11,13-14H2;2*1H/t15-,18-;;/m0../s1. The molecule has 0 aliphatic carbocycles. The maximum absolute atomic E-state index is 13.4. The number of halogens is 5. The van der Waals surface area contributed by atoms with Gasteiger partial charge in [0.2, 0.25) is 5.91 Å². The molecule has 1 aromatic heterocycles. The van der Waals surface area contributed by atoms with E-state index in [0.717, 1.165) is 49.6 Å². The van der Waals surface area contributed by atoms with Gasteiger partial charge in [-0.05, 0) is 18.6 Å². The molecule has 5 rings (SSSR count). The number of carbonyl (C=O) groups excluding carboxylic acids is 1. The van der Waals surface area contributed by atoms with Crippen molar-refractivity contribution in [2.75, 3.05) is 55.8 Å². The van der Waals surface area contributed by atoms with Crippen LogP contribution in [0.2, 0.25) is 0 Å². The number of carbonyl (C=O) groups is 1. The van der Waals surface area contributed by atoms with E-state index in [4.69, 9.17) is 0 Å². The Morgan fingerprint density at radius 3 is 2.50 bits per heavy atom. The van der Waals surface area contributed by atoms with Crippen molar-refractivity contribution in [1.29, 1.82) is 0 Å². The summed E-state index contributed by atoms with van der Waals surface area (Å²) < 4.78 is 40.2. The van der Waals surface area contributed by atoms with Gasteiger partial charge in [0.25, 0.3) is 0 Å². The van der Waals surface area contributed by atoms with Crippen LogP contribution in [0.4, 0.5) is 18.9 Å². The van der Waals surface area contributed by atoms with Gasteiger partial charge >= 0.3 is 6.18 Å². The second kappa shape index (κ2) is 11.1. The van der Waals surface area contributed by atoms with Gasteiger partial charge in [-0.25, -0.2) is 4.98 Å². The fourth-order valence-corrected chi connectivity index (χ4v) is 5.84. The van der Waals surface area contributed by atoms with E-state index in [1.54, 1.807) is 23.9 Å². The van der Waals surface area contributed by atoms with E-state index < -0.39 is 11.9 Å². The summed E-state index contributed by atoms with van der Waals surface area (Å²) in [5.41, 5.74) is 0.0999. The van der Waals surface area contributed by atoms with E-state index in [1.165, 1.54) is 6.07 Å². The van der Waals surface area contributed by atoms with Gasteiger partial charge in [-0.15, -0.1) is 36.6 Å². The number of nitrogens with zero attached hydrogens (tertiary/aromatic N) is 4. The van der Waals surface area contributed by atoms with Crippen molar-refractivity contribution in [1.82, 2.24) is 20.1 Å². The SMILES string of the molecule is Cl.Cl.O=C([C@@H]1C[C@H](N2CCN(c3cc(C(F)(F)F)nc4ccccc34)CC2)CN1)N1CCSC1. The molecule has 0 spiro atoms. The van der Waals surface area contributed by atoms with Gasteiger partial charge in [-0.1, -0.05) is 18.2 Å². The molecular formula is C22H28Cl2F3N5OS. The number of fused-ring (bicyclic) bond motifs is 1. The van der Waals surface area contributed by atoms with E-state index in [0.29, 0.717) is 24.3 Å². The number of rotatable bonds is 3. The van der Waals surface area contributed by atoms with Crippen molar-refractivity contribution in [2.24, 2.45) is 0 Å². The van der Waals surface area contributed by atoms with Crippen LogP contribution >= 0.6 is 36.6 Å². The molecule has 1 N–H and O–H groups in total. The van der Waals surface area contributed by atoms with Crippen molar-refractivity contribution in [2.45, 2.75) is 24.7 Å². The summed E-state index contributed by atoms with van der Waals surface area (Å²) in [5, 5.41) is 4.12. The van der Waals surface area contributed by atoms with E-state index in [9.17, 15) is 18.0 Å². The van der Waals surface area contributed by atoms with Crippen molar-refractivity contribution in [3.05, 3.63) is 36.0 Å². The number of aromatic nitrogens is 1. The molecule has 2 atom stereocenters. The minimum Gasteiger partial charge on any atom is -0.368 e. The van der Waals surface area contributed by atoms with Crippen LogP contribution in [-0.2, 0) is 11.0 Å². The first-order chi connectivity index (χ1) is 15.4. The average Bonchev–Trinajstić information content (AvgIpc) is 3.50. The highest BCUT2D eigenvalue weighted by Crippen LogP contribution is 2.35. The zero-order chi connectivity index (χ0) is 22.3. The first-order valence-electron chi connectivity index (χ1n) is 11.0. The number of pyridine rings is 1. The van der Waals surface area contributed by atoms with E-state index in [2.05, 4.69) is 15.2 Å². The number of benzene rings is 1. The van der Waals surface area contributed by atoms with Crippen LogP contribution in [0.1, 0.15) is 12.1 Å². The van der Waals surface area contributed by atoms with Crippen molar-refractivity contribution >= 4 is 59.1 Å².